The smallest absolute Gasteiger partial charge is 0.437 e. The summed E-state index contributed by atoms with van der Waals surface area (Å²) in [5.41, 5.74) is 2.31. The lowest BCUT2D eigenvalue weighted by Crippen LogP contribution is -2.70. The third-order valence-electron chi connectivity index (χ3n) is 7.61. The van der Waals surface area contributed by atoms with Crippen molar-refractivity contribution < 1.29 is 14.3 Å². The Hall–Kier alpha value is -4.02. The number of carbonyl (C=O) groups is 2. The molecule has 0 aliphatic carbocycles. The Labute approximate surface area is 236 Å². The molecule has 2 unspecified atom stereocenters. The van der Waals surface area contributed by atoms with Crippen LogP contribution >= 0.6 is 11.8 Å². The van der Waals surface area contributed by atoms with Crippen LogP contribution in [0.25, 0.3) is 0 Å². The van der Waals surface area contributed by atoms with Crippen molar-refractivity contribution in [3.8, 4) is 0 Å². The zero-order valence-electron chi connectivity index (χ0n) is 22.5. The van der Waals surface area contributed by atoms with Gasteiger partial charge in [-0.1, -0.05) is 91.0 Å². The van der Waals surface area contributed by atoms with Crippen LogP contribution in [0.2, 0.25) is 0 Å². The number of β-lactam (4-membered cyclic amide) rings is 1. The number of fused-ring (bicyclic) bond motifs is 1. The van der Waals surface area contributed by atoms with Crippen LogP contribution in [0, 0.1) is 0 Å². The molecule has 10 heteroatoms. The normalized spacial score (nSPS) is 21.5. The van der Waals surface area contributed by atoms with Crippen molar-refractivity contribution in [2.24, 2.45) is 0 Å². The van der Waals surface area contributed by atoms with E-state index in [1.165, 1.54) is 0 Å². The monoisotopic (exact) mass is 554 g/mol. The second kappa shape index (κ2) is 10.2. The fraction of sp³-hybridized carbons (Fsp3) is 0.300. The fourth-order valence-corrected chi connectivity index (χ4v) is 7.52. The van der Waals surface area contributed by atoms with Crippen LogP contribution in [0.5, 0.6) is 0 Å². The van der Waals surface area contributed by atoms with E-state index in [1.54, 1.807) is 23.6 Å². The van der Waals surface area contributed by atoms with Crippen LogP contribution in [0.15, 0.2) is 91.0 Å². The van der Waals surface area contributed by atoms with Gasteiger partial charge in [0, 0.05) is 4.75 Å². The third kappa shape index (κ3) is 4.10. The molecule has 2 aliphatic heterocycles. The summed E-state index contributed by atoms with van der Waals surface area (Å²) in [6, 6.07) is 29.7. The summed E-state index contributed by atoms with van der Waals surface area (Å²) in [7, 11) is 0. The van der Waals surface area contributed by atoms with Crippen molar-refractivity contribution in [2.75, 3.05) is 6.61 Å². The molecule has 1 amide bonds. The van der Waals surface area contributed by atoms with E-state index in [0.717, 1.165) is 21.4 Å². The van der Waals surface area contributed by atoms with Crippen molar-refractivity contribution >= 4 is 23.8 Å². The van der Waals surface area contributed by atoms with E-state index in [2.05, 4.69) is 57.2 Å². The minimum Gasteiger partial charge on any atom is -0.448 e. The average Bonchev–Trinajstić information content (AvgIpc) is 3.55. The number of hydrogen-bond acceptors (Lipinski definition) is 8. The van der Waals surface area contributed by atoms with Crippen molar-refractivity contribution in [3.63, 3.8) is 0 Å². The summed E-state index contributed by atoms with van der Waals surface area (Å²) >= 11 is 1.68. The van der Waals surface area contributed by atoms with E-state index < -0.39 is 28.5 Å². The molecule has 3 heterocycles. The van der Waals surface area contributed by atoms with Crippen LogP contribution in [0.1, 0.15) is 49.3 Å². The molecule has 2 saturated heterocycles. The van der Waals surface area contributed by atoms with Gasteiger partial charge in [-0.2, -0.15) is 0 Å². The molecule has 0 radical (unpaired) electrons. The summed E-state index contributed by atoms with van der Waals surface area (Å²) in [4.78, 5) is 28.5. The molecule has 4 aromatic rings. The van der Waals surface area contributed by atoms with Crippen molar-refractivity contribution in [1.82, 2.24) is 30.4 Å². The van der Waals surface area contributed by atoms with Crippen LogP contribution in [0.3, 0.4) is 0 Å². The standard InChI is InChI=1S/C30H30N6O3S/c1-4-39-28(38)36-25(32-33-34-36)24-29(2,3)40-27-23(26(37)35(24)27)31-30(20-14-8-5-9-15-20,21-16-10-6-11-17-21)22-18-12-7-13-19-22/h5-19,23-24,27,31H,4H2,1-3H3/t23?,24?,27-/m1/s1. The number of tetrazole rings is 1. The molecule has 9 nitrogen and oxygen atoms in total. The molecule has 1 N–H and O–H groups in total. The summed E-state index contributed by atoms with van der Waals surface area (Å²) in [5.74, 6) is 0.226. The Morgan fingerprint density at radius 2 is 1.48 bits per heavy atom. The molecule has 1 aromatic heterocycles. The van der Waals surface area contributed by atoms with Gasteiger partial charge in [-0.25, -0.2) is 4.79 Å². The highest BCUT2D eigenvalue weighted by atomic mass is 32.2. The molecule has 2 fully saturated rings. The highest BCUT2D eigenvalue weighted by Gasteiger charge is 2.64. The SMILES string of the molecule is CCOC(=O)n1nnnc1C1N2C(=O)C(NC(c3ccccc3)(c3ccccc3)c3ccccc3)[C@H]2SC1(C)C. The maximum atomic E-state index is 14.1. The molecule has 40 heavy (non-hydrogen) atoms. The number of amides is 1. The lowest BCUT2D eigenvalue weighted by Gasteiger charge is -2.49. The predicted molar refractivity (Wildman–Crippen MR) is 151 cm³/mol. The highest BCUT2D eigenvalue weighted by Crippen LogP contribution is 2.57. The minimum absolute atomic E-state index is 0.0707. The van der Waals surface area contributed by atoms with Gasteiger partial charge in [0.1, 0.15) is 17.5 Å². The Morgan fingerprint density at radius 1 is 0.950 bits per heavy atom. The molecule has 6 rings (SSSR count). The largest absolute Gasteiger partial charge is 0.448 e. The van der Waals surface area contributed by atoms with Gasteiger partial charge in [0.15, 0.2) is 5.82 Å². The van der Waals surface area contributed by atoms with E-state index in [-0.39, 0.29) is 17.9 Å². The van der Waals surface area contributed by atoms with Gasteiger partial charge >= 0.3 is 6.09 Å². The van der Waals surface area contributed by atoms with E-state index in [4.69, 9.17) is 4.74 Å². The molecule has 3 atom stereocenters. The molecular weight excluding hydrogens is 524 g/mol. The predicted octanol–water partition coefficient (Wildman–Crippen LogP) is 4.36. The number of aromatic nitrogens is 4. The summed E-state index contributed by atoms with van der Waals surface area (Å²) in [5, 5.41) is 15.4. The lowest BCUT2D eigenvalue weighted by molar-refractivity contribution is -0.150. The number of benzene rings is 3. The van der Waals surface area contributed by atoms with Gasteiger partial charge in [-0.15, -0.1) is 21.5 Å². The van der Waals surface area contributed by atoms with Crippen molar-refractivity contribution in [1.29, 1.82) is 0 Å². The second-order valence-electron chi connectivity index (χ2n) is 10.4. The van der Waals surface area contributed by atoms with Gasteiger partial charge in [-0.3, -0.25) is 10.1 Å². The molecular formula is C30H30N6O3S. The molecule has 0 bridgehead atoms. The summed E-state index contributed by atoms with van der Waals surface area (Å²) in [6.07, 6.45) is -0.661. The van der Waals surface area contributed by atoms with Gasteiger partial charge < -0.3 is 9.64 Å². The number of carbonyl (C=O) groups excluding carboxylic acids is 2. The van der Waals surface area contributed by atoms with Crippen molar-refractivity contribution in [2.45, 2.75) is 48.5 Å². The first-order chi connectivity index (χ1) is 19.4. The topological polar surface area (TPSA) is 102 Å². The van der Waals surface area contributed by atoms with Gasteiger partial charge in [-0.05, 0) is 47.9 Å². The third-order valence-corrected chi connectivity index (χ3v) is 9.18. The molecule has 204 valence electrons. The minimum atomic E-state index is -0.786. The number of rotatable bonds is 7. The molecule has 3 aromatic carbocycles. The molecule has 0 saturated carbocycles. The summed E-state index contributed by atoms with van der Waals surface area (Å²) < 4.78 is 5.75. The Kier molecular flexibility index (Phi) is 6.67. The number of hydrogen-bond donors (Lipinski definition) is 1. The van der Waals surface area contributed by atoms with Crippen molar-refractivity contribution in [3.05, 3.63) is 114 Å². The average molecular weight is 555 g/mol. The zero-order chi connectivity index (χ0) is 27.9. The Bertz CT molecular complexity index is 1420. The van der Waals surface area contributed by atoms with E-state index in [0.29, 0.717) is 5.82 Å². The fourth-order valence-electron chi connectivity index (χ4n) is 5.89. The molecule has 2 aliphatic rings. The first-order valence-corrected chi connectivity index (χ1v) is 14.2. The van der Waals surface area contributed by atoms with E-state index in [9.17, 15) is 9.59 Å². The maximum Gasteiger partial charge on any atom is 0.437 e. The maximum absolute atomic E-state index is 14.1. The Balaban J connectivity index is 1.42. The van der Waals surface area contributed by atoms with Gasteiger partial charge in [0.2, 0.25) is 5.91 Å². The number of nitrogens with one attached hydrogen (secondary N) is 1. The second-order valence-corrected chi connectivity index (χ2v) is 12.1. The number of ether oxygens (including phenoxy) is 1. The summed E-state index contributed by atoms with van der Waals surface area (Å²) in [6.45, 7) is 6.02. The lowest BCUT2D eigenvalue weighted by atomic mass is 9.76. The van der Waals surface area contributed by atoms with Crippen LogP contribution < -0.4 is 5.32 Å². The van der Waals surface area contributed by atoms with Crippen LogP contribution in [0.4, 0.5) is 4.79 Å². The van der Waals surface area contributed by atoms with Crippen LogP contribution in [-0.2, 0) is 15.1 Å². The first kappa shape index (κ1) is 26.2. The van der Waals surface area contributed by atoms with Crippen LogP contribution in [-0.4, -0.2) is 59.9 Å². The Morgan fingerprint density at radius 3 is 1.98 bits per heavy atom. The number of nitrogens with zero attached hydrogens (tertiary/aromatic N) is 5. The molecule has 0 spiro atoms. The zero-order valence-corrected chi connectivity index (χ0v) is 23.3. The first-order valence-electron chi connectivity index (χ1n) is 13.3. The van der Waals surface area contributed by atoms with E-state index >= 15 is 0 Å². The van der Waals surface area contributed by atoms with E-state index in [1.807, 2.05) is 68.4 Å². The number of thioether (sulfide) groups is 1. The highest BCUT2D eigenvalue weighted by molar-refractivity contribution is 8.01. The quantitative estimate of drug-likeness (QED) is 0.204. The van der Waals surface area contributed by atoms with Gasteiger partial charge in [0.05, 0.1) is 12.1 Å². The van der Waals surface area contributed by atoms with Gasteiger partial charge in [0.25, 0.3) is 0 Å².